The van der Waals surface area contributed by atoms with Crippen molar-refractivity contribution in [3.63, 3.8) is 0 Å². The highest BCUT2D eigenvalue weighted by molar-refractivity contribution is 5.78. The first-order valence-corrected chi connectivity index (χ1v) is 6.49. The second-order valence-electron chi connectivity index (χ2n) is 4.20. The van der Waals surface area contributed by atoms with E-state index in [1.807, 2.05) is 0 Å². The van der Waals surface area contributed by atoms with Gasteiger partial charge in [-0.1, -0.05) is 26.2 Å². The molecule has 0 saturated carbocycles. The maximum Gasteiger partial charge on any atom is 0.307 e. The molecule has 0 aliphatic carbocycles. The van der Waals surface area contributed by atoms with Crippen molar-refractivity contribution in [3.8, 4) is 0 Å². The molecule has 0 aliphatic heterocycles. The standard InChI is InChI=1S/C13H25NO4/c1-4-5-6-7-9-14(12(15)11-17-2)10-8-13(16)18-3/h4-11H2,1-3H3. The fraction of sp³-hybridized carbons (Fsp3) is 0.846. The second kappa shape index (κ2) is 11.0. The smallest absolute Gasteiger partial charge is 0.307 e. The van der Waals surface area contributed by atoms with Crippen LogP contribution in [-0.2, 0) is 19.1 Å². The van der Waals surface area contributed by atoms with Crippen molar-refractivity contribution >= 4 is 11.9 Å². The van der Waals surface area contributed by atoms with E-state index in [1.165, 1.54) is 20.6 Å². The molecule has 0 saturated heterocycles. The van der Waals surface area contributed by atoms with Crippen LogP contribution in [0.1, 0.15) is 39.0 Å². The first kappa shape index (κ1) is 16.9. The molecule has 18 heavy (non-hydrogen) atoms. The van der Waals surface area contributed by atoms with Crippen molar-refractivity contribution in [1.82, 2.24) is 4.90 Å². The molecule has 0 radical (unpaired) electrons. The minimum atomic E-state index is -0.293. The number of carbonyl (C=O) groups excluding carboxylic acids is 2. The number of hydrogen-bond acceptors (Lipinski definition) is 4. The third-order valence-electron chi connectivity index (χ3n) is 2.72. The van der Waals surface area contributed by atoms with E-state index in [0.29, 0.717) is 13.1 Å². The van der Waals surface area contributed by atoms with Crippen molar-refractivity contribution in [3.05, 3.63) is 0 Å². The monoisotopic (exact) mass is 259 g/mol. The Labute approximate surface area is 109 Å². The number of amides is 1. The number of hydrogen-bond donors (Lipinski definition) is 0. The Balaban J connectivity index is 4.07. The third kappa shape index (κ3) is 8.06. The summed E-state index contributed by atoms with van der Waals surface area (Å²) in [7, 11) is 2.85. The van der Waals surface area contributed by atoms with Crippen LogP contribution in [0.2, 0.25) is 0 Å². The van der Waals surface area contributed by atoms with Crippen LogP contribution in [0.15, 0.2) is 0 Å². The Morgan fingerprint density at radius 1 is 1.06 bits per heavy atom. The molecule has 0 unspecified atom stereocenters. The molecule has 0 aromatic heterocycles. The maximum atomic E-state index is 11.8. The quantitative estimate of drug-likeness (QED) is 0.442. The van der Waals surface area contributed by atoms with Crippen molar-refractivity contribution in [2.24, 2.45) is 0 Å². The Hall–Kier alpha value is -1.10. The predicted molar refractivity (Wildman–Crippen MR) is 69.2 cm³/mol. The molecule has 0 aromatic carbocycles. The molecule has 0 fully saturated rings. The molecule has 0 bridgehead atoms. The predicted octanol–water partition coefficient (Wildman–Crippen LogP) is 1.60. The maximum absolute atomic E-state index is 11.8. The number of carbonyl (C=O) groups is 2. The van der Waals surface area contributed by atoms with Gasteiger partial charge in [-0.05, 0) is 6.42 Å². The van der Waals surface area contributed by atoms with Gasteiger partial charge in [-0.2, -0.15) is 0 Å². The minimum Gasteiger partial charge on any atom is -0.469 e. The molecule has 0 spiro atoms. The zero-order valence-corrected chi connectivity index (χ0v) is 11.7. The van der Waals surface area contributed by atoms with E-state index in [9.17, 15) is 9.59 Å². The molecule has 5 heteroatoms. The largest absolute Gasteiger partial charge is 0.469 e. The zero-order valence-electron chi connectivity index (χ0n) is 11.7. The molecule has 5 nitrogen and oxygen atoms in total. The molecule has 0 rings (SSSR count). The van der Waals surface area contributed by atoms with Gasteiger partial charge in [0, 0.05) is 20.2 Å². The number of ether oxygens (including phenoxy) is 2. The molecule has 1 amide bonds. The van der Waals surface area contributed by atoms with Crippen molar-refractivity contribution in [2.45, 2.75) is 39.0 Å². The summed E-state index contributed by atoms with van der Waals surface area (Å²) >= 11 is 0. The summed E-state index contributed by atoms with van der Waals surface area (Å²) in [5.41, 5.74) is 0. The van der Waals surface area contributed by atoms with Crippen LogP contribution >= 0.6 is 0 Å². The van der Waals surface area contributed by atoms with Gasteiger partial charge in [0.2, 0.25) is 5.91 Å². The van der Waals surface area contributed by atoms with E-state index in [-0.39, 0.29) is 24.9 Å². The van der Waals surface area contributed by atoms with Crippen molar-refractivity contribution in [1.29, 1.82) is 0 Å². The van der Waals surface area contributed by atoms with Crippen LogP contribution < -0.4 is 0 Å². The minimum absolute atomic E-state index is 0.0644. The fourth-order valence-corrected chi connectivity index (χ4v) is 1.63. The molecule has 106 valence electrons. The van der Waals surface area contributed by atoms with Crippen LogP contribution in [-0.4, -0.2) is 50.7 Å². The Morgan fingerprint density at radius 3 is 2.33 bits per heavy atom. The number of rotatable bonds is 10. The summed E-state index contributed by atoms with van der Waals surface area (Å²) in [6.45, 7) is 3.29. The zero-order chi connectivity index (χ0) is 13.8. The first-order valence-electron chi connectivity index (χ1n) is 6.49. The summed E-state index contributed by atoms with van der Waals surface area (Å²) in [5.74, 6) is -0.364. The lowest BCUT2D eigenvalue weighted by molar-refractivity contribution is -0.142. The van der Waals surface area contributed by atoms with Crippen LogP contribution in [0.3, 0.4) is 0 Å². The van der Waals surface area contributed by atoms with E-state index in [0.717, 1.165) is 19.3 Å². The van der Waals surface area contributed by atoms with Gasteiger partial charge < -0.3 is 14.4 Å². The van der Waals surface area contributed by atoms with E-state index >= 15 is 0 Å². The number of unbranched alkanes of at least 4 members (excludes halogenated alkanes) is 3. The fourth-order valence-electron chi connectivity index (χ4n) is 1.63. The Kier molecular flexibility index (Phi) is 10.3. The average molecular weight is 259 g/mol. The summed E-state index contributed by atoms with van der Waals surface area (Å²) in [5, 5.41) is 0. The van der Waals surface area contributed by atoms with Gasteiger partial charge >= 0.3 is 5.97 Å². The van der Waals surface area contributed by atoms with Gasteiger partial charge in [0.15, 0.2) is 0 Å². The lowest BCUT2D eigenvalue weighted by atomic mass is 10.2. The SMILES string of the molecule is CCCCCCN(CCC(=O)OC)C(=O)COC. The number of nitrogens with zero attached hydrogens (tertiary/aromatic N) is 1. The van der Waals surface area contributed by atoms with Crippen molar-refractivity contribution in [2.75, 3.05) is 33.9 Å². The molecule has 0 aromatic rings. The highest BCUT2D eigenvalue weighted by atomic mass is 16.5. The summed E-state index contributed by atoms with van der Waals surface area (Å²) < 4.78 is 9.41. The molecule has 0 N–H and O–H groups in total. The molecular formula is C13H25NO4. The Morgan fingerprint density at radius 2 is 1.78 bits per heavy atom. The van der Waals surface area contributed by atoms with Gasteiger partial charge in [0.05, 0.1) is 13.5 Å². The lowest BCUT2D eigenvalue weighted by Crippen LogP contribution is -2.36. The highest BCUT2D eigenvalue weighted by Gasteiger charge is 2.14. The van der Waals surface area contributed by atoms with Gasteiger partial charge in [0.25, 0.3) is 0 Å². The Bertz CT molecular complexity index is 243. The van der Waals surface area contributed by atoms with Gasteiger partial charge in [0.1, 0.15) is 6.61 Å². The van der Waals surface area contributed by atoms with Crippen LogP contribution in [0.4, 0.5) is 0 Å². The van der Waals surface area contributed by atoms with E-state index in [2.05, 4.69) is 11.7 Å². The molecule has 0 aliphatic rings. The second-order valence-corrected chi connectivity index (χ2v) is 4.20. The van der Waals surface area contributed by atoms with Crippen LogP contribution in [0.5, 0.6) is 0 Å². The van der Waals surface area contributed by atoms with Gasteiger partial charge in [-0.25, -0.2) is 0 Å². The summed E-state index contributed by atoms with van der Waals surface area (Å²) in [6.07, 6.45) is 4.63. The highest BCUT2D eigenvalue weighted by Crippen LogP contribution is 2.03. The topological polar surface area (TPSA) is 55.8 Å². The number of methoxy groups -OCH3 is 2. The van der Waals surface area contributed by atoms with E-state index in [1.54, 1.807) is 4.90 Å². The molecular weight excluding hydrogens is 234 g/mol. The van der Waals surface area contributed by atoms with Crippen LogP contribution in [0.25, 0.3) is 0 Å². The van der Waals surface area contributed by atoms with E-state index in [4.69, 9.17) is 4.74 Å². The van der Waals surface area contributed by atoms with Crippen LogP contribution in [0, 0.1) is 0 Å². The summed E-state index contributed by atoms with van der Waals surface area (Å²) in [4.78, 5) is 24.5. The lowest BCUT2D eigenvalue weighted by Gasteiger charge is -2.21. The number of esters is 1. The van der Waals surface area contributed by atoms with Gasteiger partial charge in [-0.15, -0.1) is 0 Å². The summed E-state index contributed by atoms with van der Waals surface area (Å²) in [6, 6.07) is 0. The molecule has 0 heterocycles. The van der Waals surface area contributed by atoms with Gasteiger partial charge in [-0.3, -0.25) is 9.59 Å². The third-order valence-corrected chi connectivity index (χ3v) is 2.72. The average Bonchev–Trinajstić information content (AvgIpc) is 2.37. The first-order chi connectivity index (χ1) is 8.65. The van der Waals surface area contributed by atoms with Crippen molar-refractivity contribution < 1.29 is 19.1 Å². The molecule has 0 atom stereocenters. The van der Waals surface area contributed by atoms with E-state index < -0.39 is 0 Å². The normalized spacial score (nSPS) is 10.2.